The summed E-state index contributed by atoms with van der Waals surface area (Å²) in [6.45, 7) is 1.54. The fraction of sp³-hybridized carbons (Fsp3) is 0.438. The molecule has 4 heteroatoms. The Morgan fingerprint density at radius 3 is 3.00 bits per heavy atom. The Labute approximate surface area is 119 Å². The number of hydrogen-bond donors (Lipinski definition) is 1. The molecule has 1 aliphatic rings. The average Bonchev–Trinajstić information content (AvgIpc) is 2.99. The highest BCUT2D eigenvalue weighted by Crippen LogP contribution is 2.34. The van der Waals surface area contributed by atoms with Crippen LogP contribution in [0.3, 0.4) is 0 Å². The summed E-state index contributed by atoms with van der Waals surface area (Å²) in [7, 11) is 0. The molecular weight excluding hydrogens is 252 g/mol. The van der Waals surface area contributed by atoms with E-state index in [2.05, 4.69) is 34.3 Å². The molecule has 0 fully saturated rings. The molecule has 0 radical (unpaired) electrons. The van der Waals surface area contributed by atoms with Crippen LogP contribution in [-0.4, -0.2) is 28.3 Å². The van der Waals surface area contributed by atoms with E-state index in [-0.39, 0.29) is 6.61 Å². The zero-order valence-electron chi connectivity index (χ0n) is 11.5. The number of fused-ring (bicyclic) bond motifs is 1. The third kappa shape index (κ3) is 2.76. The molecule has 3 rings (SSSR count). The molecule has 1 heterocycles. The molecule has 2 aromatic rings. The average molecular weight is 272 g/mol. The van der Waals surface area contributed by atoms with Crippen LogP contribution in [0.15, 0.2) is 41.1 Å². The lowest BCUT2D eigenvalue weighted by Gasteiger charge is -2.35. The standard InChI is InChI=1S/C16H20N2O2/c19-10-9-18(12-14-8-11-20-17-14)16-7-3-5-13-4-1-2-6-15(13)16/h1-2,4,6,8,11,16,19H,3,5,7,9-10,12H2. The molecule has 0 saturated carbocycles. The van der Waals surface area contributed by atoms with Crippen molar-refractivity contribution in [2.45, 2.75) is 31.8 Å². The molecule has 1 unspecified atom stereocenters. The molecule has 1 atom stereocenters. The predicted molar refractivity (Wildman–Crippen MR) is 76.1 cm³/mol. The number of benzene rings is 1. The summed E-state index contributed by atoms with van der Waals surface area (Å²) in [6.07, 6.45) is 5.09. The molecule has 0 aliphatic heterocycles. The maximum absolute atomic E-state index is 9.36. The second kappa shape index (κ2) is 6.20. The summed E-state index contributed by atoms with van der Waals surface area (Å²) >= 11 is 0. The van der Waals surface area contributed by atoms with Gasteiger partial charge in [0.15, 0.2) is 0 Å². The van der Waals surface area contributed by atoms with E-state index in [1.807, 2.05) is 6.07 Å². The highest BCUT2D eigenvalue weighted by atomic mass is 16.5. The maximum atomic E-state index is 9.36. The number of aromatic nitrogens is 1. The van der Waals surface area contributed by atoms with Gasteiger partial charge in [0.1, 0.15) is 6.26 Å². The first-order valence-corrected chi connectivity index (χ1v) is 7.20. The van der Waals surface area contributed by atoms with Gasteiger partial charge in [-0.2, -0.15) is 0 Å². The van der Waals surface area contributed by atoms with E-state index in [4.69, 9.17) is 4.52 Å². The van der Waals surface area contributed by atoms with Gasteiger partial charge in [0.2, 0.25) is 0 Å². The Balaban J connectivity index is 1.84. The first-order chi connectivity index (χ1) is 9.88. The van der Waals surface area contributed by atoms with Crippen molar-refractivity contribution >= 4 is 0 Å². The van der Waals surface area contributed by atoms with E-state index in [0.717, 1.165) is 25.1 Å². The Hall–Kier alpha value is -1.65. The molecule has 1 aliphatic carbocycles. The van der Waals surface area contributed by atoms with Crippen molar-refractivity contribution in [1.82, 2.24) is 10.1 Å². The van der Waals surface area contributed by atoms with Gasteiger partial charge in [0.25, 0.3) is 0 Å². The first kappa shape index (κ1) is 13.3. The number of nitrogens with zero attached hydrogens (tertiary/aromatic N) is 2. The van der Waals surface area contributed by atoms with E-state index < -0.39 is 0 Å². The van der Waals surface area contributed by atoms with Gasteiger partial charge >= 0.3 is 0 Å². The number of aliphatic hydroxyl groups excluding tert-OH is 1. The van der Waals surface area contributed by atoms with Gasteiger partial charge in [-0.15, -0.1) is 0 Å². The van der Waals surface area contributed by atoms with Crippen LogP contribution >= 0.6 is 0 Å². The molecule has 4 nitrogen and oxygen atoms in total. The van der Waals surface area contributed by atoms with Gasteiger partial charge in [-0.1, -0.05) is 29.4 Å². The maximum Gasteiger partial charge on any atom is 0.124 e. The van der Waals surface area contributed by atoms with Crippen molar-refractivity contribution in [3.8, 4) is 0 Å². The largest absolute Gasteiger partial charge is 0.395 e. The van der Waals surface area contributed by atoms with Gasteiger partial charge in [0.05, 0.1) is 12.3 Å². The second-order valence-corrected chi connectivity index (χ2v) is 5.29. The van der Waals surface area contributed by atoms with Crippen LogP contribution in [0.25, 0.3) is 0 Å². The van der Waals surface area contributed by atoms with Crippen molar-refractivity contribution in [2.75, 3.05) is 13.2 Å². The van der Waals surface area contributed by atoms with Crippen molar-refractivity contribution in [3.63, 3.8) is 0 Å². The van der Waals surface area contributed by atoms with Crippen LogP contribution in [0.1, 0.15) is 35.7 Å². The van der Waals surface area contributed by atoms with Crippen molar-refractivity contribution in [2.24, 2.45) is 0 Å². The van der Waals surface area contributed by atoms with Gasteiger partial charge in [0, 0.05) is 25.2 Å². The normalized spacial score (nSPS) is 18.2. The monoisotopic (exact) mass is 272 g/mol. The van der Waals surface area contributed by atoms with E-state index in [1.54, 1.807) is 6.26 Å². The third-order valence-electron chi connectivity index (χ3n) is 4.02. The van der Waals surface area contributed by atoms with E-state index in [0.29, 0.717) is 12.6 Å². The zero-order valence-corrected chi connectivity index (χ0v) is 11.5. The number of aliphatic hydroxyl groups is 1. The smallest absolute Gasteiger partial charge is 0.124 e. The minimum atomic E-state index is 0.163. The van der Waals surface area contributed by atoms with Crippen molar-refractivity contribution in [3.05, 3.63) is 53.4 Å². The lowest BCUT2D eigenvalue weighted by Crippen LogP contribution is -2.33. The molecule has 0 bridgehead atoms. The SMILES string of the molecule is OCCN(Cc1ccon1)C1CCCc2ccccc21. The van der Waals surface area contributed by atoms with Gasteiger partial charge in [-0.3, -0.25) is 4.90 Å². The Kier molecular flexibility index (Phi) is 4.14. The summed E-state index contributed by atoms with van der Waals surface area (Å²) in [5, 5.41) is 13.3. The van der Waals surface area contributed by atoms with Crippen LogP contribution in [-0.2, 0) is 13.0 Å². The summed E-state index contributed by atoms with van der Waals surface area (Å²) in [6, 6.07) is 10.9. The van der Waals surface area contributed by atoms with Gasteiger partial charge in [-0.05, 0) is 30.4 Å². The lowest BCUT2D eigenvalue weighted by atomic mass is 9.86. The molecule has 106 valence electrons. The Morgan fingerprint density at radius 1 is 1.30 bits per heavy atom. The number of hydrogen-bond acceptors (Lipinski definition) is 4. The van der Waals surface area contributed by atoms with Crippen LogP contribution in [0.2, 0.25) is 0 Å². The molecule has 0 spiro atoms. The first-order valence-electron chi connectivity index (χ1n) is 7.20. The lowest BCUT2D eigenvalue weighted by molar-refractivity contribution is 0.128. The van der Waals surface area contributed by atoms with Crippen molar-refractivity contribution in [1.29, 1.82) is 0 Å². The number of rotatable bonds is 5. The Bertz CT molecular complexity index is 539. The highest BCUT2D eigenvalue weighted by Gasteiger charge is 2.25. The van der Waals surface area contributed by atoms with E-state index >= 15 is 0 Å². The molecule has 1 aromatic heterocycles. The van der Waals surface area contributed by atoms with Crippen LogP contribution in [0.4, 0.5) is 0 Å². The fourth-order valence-corrected chi connectivity index (χ4v) is 3.11. The Morgan fingerprint density at radius 2 is 2.20 bits per heavy atom. The summed E-state index contributed by atoms with van der Waals surface area (Å²) in [5.74, 6) is 0. The molecule has 20 heavy (non-hydrogen) atoms. The van der Waals surface area contributed by atoms with Crippen LogP contribution in [0.5, 0.6) is 0 Å². The topological polar surface area (TPSA) is 49.5 Å². The summed E-state index contributed by atoms with van der Waals surface area (Å²) < 4.78 is 4.91. The quantitative estimate of drug-likeness (QED) is 0.908. The highest BCUT2D eigenvalue weighted by molar-refractivity contribution is 5.32. The predicted octanol–water partition coefficient (Wildman–Crippen LogP) is 2.55. The second-order valence-electron chi connectivity index (χ2n) is 5.29. The minimum absolute atomic E-state index is 0.163. The van der Waals surface area contributed by atoms with E-state index in [9.17, 15) is 5.11 Å². The van der Waals surface area contributed by atoms with Crippen LogP contribution < -0.4 is 0 Å². The van der Waals surface area contributed by atoms with Gasteiger partial charge < -0.3 is 9.63 Å². The van der Waals surface area contributed by atoms with Crippen LogP contribution in [0, 0.1) is 0 Å². The fourth-order valence-electron chi connectivity index (χ4n) is 3.11. The summed E-state index contributed by atoms with van der Waals surface area (Å²) in [4.78, 5) is 2.30. The minimum Gasteiger partial charge on any atom is -0.395 e. The summed E-state index contributed by atoms with van der Waals surface area (Å²) in [5.41, 5.74) is 3.75. The molecular formula is C16H20N2O2. The van der Waals surface area contributed by atoms with E-state index in [1.165, 1.54) is 17.5 Å². The molecule has 0 saturated heterocycles. The van der Waals surface area contributed by atoms with Crippen molar-refractivity contribution < 1.29 is 9.63 Å². The number of aryl methyl sites for hydroxylation is 1. The molecule has 0 amide bonds. The molecule has 1 N–H and O–H groups in total. The molecule has 1 aromatic carbocycles. The van der Waals surface area contributed by atoms with Gasteiger partial charge in [-0.25, -0.2) is 0 Å². The third-order valence-corrected chi connectivity index (χ3v) is 4.02. The zero-order chi connectivity index (χ0) is 13.8.